The summed E-state index contributed by atoms with van der Waals surface area (Å²) in [6.45, 7) is 0.476. The molecule has 0 saturated carbocycles. The number of aromatic nitrogens is 2. The van der Waals surface area contributed by atoms with E-state index in [-0.39, 0.29) is 5.91 Å². The van der Waals surface area contributed by atoms with Crippen LogP contribution in [0.5, 0.6) is 0 Å². The molecule has 0 aliphatic heterocycles. The number of hydrogen-bond acceptors (Lipinski definition) is 3. The summed E-state index contributed by atoms with van der Waals surface area (Å²) in [5.74, 6) is 0.356. The Hall–Kier alpha value is -2.79. The summed E-state index contributed by atoms with van der Waals surface area (Å²) in [7, 11) is 3.74. The minimum absolute atomic E-state index is 0.0964. The fraction of sp³-hybridized carbons (Fsp3) is 0.158. The van der Waals surface area contributed by atoms with E-state index in [4.69, 9.17) is 17.3 Å². The lowest BCUT2D eigenvalue weighted by atomic mass is 10.1. The molecule has 3 rings (SSSR count). The van der Waals surface area contributed by atoms with Crippen LogP contribution in [0, 0.1) is 0 Å². The second kappa shape index (κ2) is 6.99. The van der Waals surface area contributed by atoms with Crippen molar-refractivity contribution in [1.29, 1.82) is 0 Å². The zero-order chi connectivity index (χ0) is 18.0. The Morgan fingerprint density at radius 2 is 2.16 bits per heavy atom. The van der Waals surface area contributed by atoms with Gasteiger partial charge in [-0.15, -0.1) is 0 Å². The monoisotopic (exact) mass is 354 g/mol. The lowest BCUT2D eigenvalue weighted by Gasteiger charge is -2.14. The number of rotatable bonds is 4. The fourth-order valence-electron chi connectivity index (χ4n) is 2.76. The van der Waals surface area contributed by atoms with Crippen molar-refractivity contribution >= 4 is 40.3 Å². The molecular weight excluding hydrogens is 336 g/mol. The first kappa shape index (κ1) is 17.0. The number of carbonyl (C=O) groups is 1. The molecule has 2 heterocycles. The predicted octanol–water partition coefficient (Wildman–Crippen LogP) is 3.48. The lowest BCUT2D eigenvalue weighted by molar-refractivity contribution is -0.125. The summed E-state index contributed by atoms with van der Waals surface area (Å²) in [5.41, 5.74) is 8.44. The molecule has 5 nitrogen and oxygen atoms in total. The maximum Gasteiger partial charge on any atom is 0.246 e. The molecule has 2 aromatic heterocycles. The van der Waals surface area contributed by atoms with Gasteiger partial charge < -0.3 is 15.2 Å². The number of nitrogen functional groups attached to an aromatic ring is 1. The van der Waals surface area contributed by atoms with Crippen LogP contribution in [-0.4, -0.2) is 27.4 Å². The summed E-state index contributed by atoms with van der Waals surface area (Å²) < 4.78 is 2.02. The van der Waals surface area contributed by atoms with E-state index >= 15 is 0 Å². The minimum atomic E-state index is -0.0964. The third-order valence-electron chi connectivity index (χ3n) is 4.05. The molecule has 3 aromatic rings. The van der Waals surface area contributed by atoms with E-state index in [1.807, 2.05) is 42.1 Å². The number of fused-ring (bicyclic) bond motifs is 1. The number of anilines is 1. The van der Waals surface area contributed by atoms with Crippen molar-refractivity contribution in [3.8, 4) is 0 Å². The maximum atomic E-state index is 12.4. The quantitative estimate of drug-likeness (QED) is 0.729. The van der Waals surface area contributed by atoms with Crippen LogP contribution in [0.3, 0.4) is 0 Å². The third-order valence-corrected chi connectivity index (χ3v) is 4.37. The summed E-state index contributed by atoms with van der Waals surface area (Å²) in [6.07, 6.45) is 6.89. The molecule has 0 atom stereocenters. The molecule has 2 N–H and O–H groups in total. The van der Waals surface area contributed by atoms with Gasteiger partial charge in [0.2, 0.25) is 5.91 Å². The zero-order valence-electron chi connectivity index (χ0n) is 14.1. The van der Waals surface area contributed by atoms with Crippen molar-refractivity contribution in [3.63, 3.8) is 0 Å². The Morgan fingerprint density at radius 3 is 2.88 bits per heavy atom. The predicted molar refractivity (Wildman–Crippen MR) is 102 cm³/mol. The lowest BCUT2D eigenvalue weighted by Crippen LogP contribution is -2.24. The van der Waals surface area contributed by atoms with Crippen LogP contribution in [0.1, 0.15) is 11.1 Å². The summed E-state index contributed by atoms with van der Waals surface area (Å²) >= 11 is 6.34. The van der Waals surface area contributed by atoms with E-state index in [0.29, 0.717) is 17.4 Å². The second-order valence-electron chi connectivity index (χ2n) is 5.94. The van der Waals surface area contributed by atoms with Gasteiger partial charge in [0.25, 0.3) is 0 Å². The van der Waals surface area contributed by atoms with Gasteiger partial charge in [0.1, 0.15) is 5.82 Å². The van der Waals surface area contributed by atoms with Crippen LogP contribution < -0.4 is 5.73 Å². The van der Waals surface area contributed by atoms with E-state index < -0.39 is 0 Å². The summed E-state index contributed by atoms with van der Waals surface area (Å²) in [6, 6.07) is 9.32. The van der Waals surface area contributed by atoms with Crippen LogP contribution >= 0.6 is 11.6 Å². The van der Waals surface area contributed by atoms with Crippen molar-refractivity contribution in [2.24, 2.45) is 7.05 Å². The standard InChI is InChI=1S/C19H19ClN4O/c1-23-11-14(19-15(20)4-3-5-16(19)23)12-24(2)18(25)9-7-13-6-8-17(21)22-10-13/h3-11H,12H2,1-2H3,(H2,21,22)/b9-7+. The largest absolute Gasteiger partial charge is 0.384 e. The number of benzene rings is 1. The Balaban J connectivity index is 1.77. The molecule has 0 aliphatic carbocycles. The highest BCUT2D eigenvalue weighted by Crippen LogP contribution is 2.28. The number of likely N-dealkylation sites (N-methyl/N-ethyl adjacent to an activating group) is 1. The Kier molecular flexibility index (Phi) is 4.76. The molecule has 128 valence electrons. The smallest absolute Gasteiger partial charge is 0.246 e. The molecule has 0 spiro atoms. The normalized spacial score (nSPS) is 11.3. The van der Waals surface area contributed by atoms with Crippen molar-refractivity contribution in [2.45, 2.75) is 6.54 Å². The van der Waals surface area contributed by atoms with E-state index in [2.05, 4.69) is 4.98 Å². The molecule has 0 saturated heterocycles. The van der Waals surface area contributed by atoms with Crippen LogP contribution in [0.25, 0.3) is 17.0 Å². The maximum absolute atomic E-state index is 12.4. The zero-order valence-corrected chi connectivity index (χ0v) is 14.9. The van der Waals surface area contributed by atoms with Gasteiger partial charge in [-0.3, -0.25) is 4.79 Å². The van der Waals surface area contributed by atoms with Crippen molar-refractivity contribution < 1.29 is 4.79 Å². The van der Waals surface area contributed by atoms with Crippen molar-refractivity contribution in [1.82, 2.24) is 14.5 Å². The highest BCUT2D eigenvalue weighted by molar-refractivity contribution is 6.35. The summed E-state index contributed by atoms with van der Waals surface area (Å²) in [4.78, 5) is 18.0. The van der Waals surface area contributed by atoms with Gasteiger partial charge in [-0.05, 0) is 41.5 Å². The molecule has 1 aromatic carbocycles. The molecule has 6 heteroatoms. The molecule has 0 radical (unpaired) electrons. The minimum Gasteiger partial charge on any atom is -0.384 e. The number of amides is 1. The first-order valence-corrected chi connectivity index (χ1v) is 8.20. The van der Waals surface area contributed by atoms with Gasteiger partial charge in [-0.1, -0.05) is 17.7 Å². The van der Waals surface area contributed by atoms with Gasteiger partial charge in [0.05, 0.1) is 5.02 Å². The molecule has 1 amide bonds. The van der Waals surface area contributed by atoms with Crippen molar-refractivity contribution in [3.05, 3.63) is 65.0 Å². The van der Waals surface area contributed by atoms with Gasteiger partial charge >= 0.3 is 0 Å². The van der Waals surface area contributed by atoms with E-state index in [1.165, 1.54) is 6.08 Å². The molecule has 0 bridgehead atoms. The fourth-order valence-corrected chi connectivity index (χ4v) is 3.05. The first-order valence-electron chi connectivity index (χ1n) is 7.83. The van der Waals surface area contributed by atoms with Gasteiger partial charge in [0.15, 0.2) is 0 Å². The Bertz CT molecular complexity index is 944. The number of nitrogens with zero attached hydrogens (tertiary/aromatic N) is 3. The first-order chi connectivity index (χ1) is 12.0. The average molecular weight is 355 g/mol. The number of aryl methyl sites for hydroxylation is 1. The highest BCUT2D eigenvalue weighted by atomic mass is 35.5. The number of carbonyl (C=O) groups excluding carboxylic acids is 1. The van der Waals surface area contributed by atoms with Crippen LogP contribution in [0.2, 0.25) is 5.02 Å². The topological polar surface area (TPSA) is 64.2 Å². The summed E-state index contributed by atoms with van der Waals surface area (Å²) in [5, 5.41) is 1.68. The highest BCUT2D eigenvalue weighted by Gasteiger charge is 2.13. The number of hydrogen-bond donors (Lipinski definition) is 1. The number of pyridine rings is 1. The molecule has 0 unspecified atom stereocenters. The molecule has 25 heavy (non-hydrogen) atoms. The SMILES string of the molecule is CN(Cc1cn(C)c2cccc(Cl)c12)C(=O)/C=C/c1ccc(N)nc1. The van der Waals surface area contributed by atoms with Crippen LogP contribution in [0.4, 0.5) is 5.82 Å². The van der Waals surface area contributed by atoms with E-state index in [9.17, 15) is 4.79 Å². The number of halogens is 1. The van der Waals surface area contributed by atoms with E-state index in [0.717, 1.165) is 22.0 Å². The Labute approximate surface area is 151 Å². The second-order valence-corrected chi connectivity index (χ2v) is 6.35. The third kappa shape index (κ3) is 3.67. The van der Waals surface area contributed by atoms with Crippen molar-refractivity contribution in [2.75, 3.05) is 12.8 Å². The van der Waals surface area contributed by atoms with Crippen LogP contribution in [0.15, 0.2) is 48.8 Å². The van der Waals surface area contributed by atoms with Crippen LogP contribution in [-0.2, 0) is 18.4 Å². The van der Waals surface area contributed by atoms with Gasteiger partial charge in [-0.25, -0.2) is 4.98 Å². The average Bonchev–Trinajstić information content (AvgIpc) is 2.91. The molecule has 0 aliphatic rings. The van der Waals surface area contributed by atoms with E-state index in [1.54, 1.807) is 30.3 Å². The number of nitrogens with two attached hydrogens (primary N) is 1. The molecular formula is C19H19ClN4O. The van der Waals surface area contributed by atoms with Gasteiger partial charge in [-0.2, -0.15) is 0 Å². The molecule has 0 fully saturated rings. The Morgan fingerprint density at radius 1 is 1.36 bits per heavy atom. The van der Waals surface area contributed by atoms with Gasteiger partial charge in [0, 0.05) is 50.0 Å².